The lowest BCUT2D eigenvalue weighted by atomic mass is 10.0. The van der Waals surface area contributed by atoms with Crippen molar-refractivity contribution in [3.8, 4) is 0 Å². The third-order valence-corrected chi connectivity index (χ3v) is 5.88. The average molecular weight is 293 g/mol. The molecule has 0 aromatic heterocycles. The Morgan fingerprint density at radius 1 is 1.20 bits per heavy atom. The smallest absolute Gasteiger partial charge is 0.123 e. The highest BCUT2D eigenvalue weighted by Gasteiger charge is 2.36. The van der Waals surface area contributed by atoms with E-state index in [-0.39, 0.29) is 5.82 Å². The first kappa shape index (κ1) is 14.4. The van der Waals surface area contributed by atoms with E-state index in [4.69, 9.17) is 0 Å². The van der Waals surface area contributed by atoms with Crippen LogP contribution in [0.3, 0.4) is 0 Å². The molecular weight excluding hydrogens is 269 g/mol. The van der Waals surface area contributed by atoms with Crippen molar-refractivity contribution in [1.29, 1.82) is 0 Å². The molecule has 110 valence electrons. The van der Waals surface area contributed by atoms with E-state index in [2.05, 4.69) is 24.0 Å². The van der Waals surface area contributed by atoms with Gasteiger partial charge in [0.1, 0.15) is 5.82 Å². The molecule has 2 aliphatic carbocycles. The molecule has 0 amide bonds. The van der Waals surface area contributed by atoms with Crippen molar-refractivity contribution in [2.75, 3.05) is 5.75 Å². The molecule has 1 aromatic rings. The second kappa shape index (κ2) is 6.48. The quantitative estimate of drug-likeness (QED) is 0.826. The van der Waals surface area contributed by atoms with Gasteiger partial charge in [-0.1, -0.05) is 25.5 Å². The van der Waals surface area contributed by atoms with E-state index >= 15 is 0 Å². The molecule has 0 saturated heterocycles. The highest BCUT2D eigenvalue weighted by atomic mass is 32.2. The molecule has 0 bridgehead atoms. The second-order valence-electron chi connectivity index (χ2n) is 6.06. The SMILES string of the molecule is CCSC1CCCC1NC(c1ccc(F)cc1)C1CC1. The summed E-state index contributed by atoms with van der Waals surface area (Å²) in [5.41, 5.74) is 1.26. The van der Waals surface area contributed by atoms with E-state index in [1.165, 1.54) is 43.4 Å². The number of benzene rings is 1. The van der Waals surface area contributed by atoms with Gasteiger partial charge in [-0.3, -0.25) is 0 Å². The molecule has 3 heteroatoms. The Labute approximate surface area is 125 Å². The Hall–Kier alpha value is -0.540. The molecule has 2 saturated carbocycles. The molecule has 1 N–H and O–H groups in total. The van der Waals surface area contributed by atoms with Crippen LogP contribution in [0.5, 0.6) is 0 Å². The first-order valence-corrected chi connectivity index (χ1v) is 8.96. The first-order valence-electron chi connectivity index (χ1n) is 7.91. The van der Waals surface area contributed by atoms with E-state index < -0.39 is 0 Å². The molecule has 3 rings (SSSR count). The van der Waals surface area contributed by atoms with Crippen molar-refractivity contribution in [2.45, 2.75) is 56.4 Å². The Bertz CT molecular complexity index is 429. The molecule has 1 nitrogen and oxygen atoms in total. The van der Waals surface area contributed by atoms with E-state index in [1.54, 1.807) is 12.1 Å². The van der Waals surface area contributed by atoms with Gasteiger partial charge in [-0.2, -0.15) is 11.8 Å². The summed E-state index contributed by atoms with van der Waals surface area (Å²) in [6.45, 7) is 2.25. The molecule has 0 spiro atoms. The minimum atomic E-state index is -0.136. The molecule has 3 atom stereocenters. The largest absolute Gasteiger partial charge is 0.306 e. The Morgan fingerprint density at radius 2 is 1.95 bits per heavy atom. The lowest BCUT2D eigenvalue weighted by Crippen LogP contribution is -2.38. The van der Waals surface area contributed by atoms with Gasteiger partial charge in [-0.25, -0.2) is 4.39 Å². The summed E-state index contributed by atoms with van der Waals surface area (Å²) in [5.74, 6) is 1.82. The fraction of sp³-hybridized carbons (Fsp3) is 0.647. The summed E-state index contributed by atoms with van der Waals surface area (Å²) in [5, 5.41) is 4.67. The normalized spacial score (nSPS) is 27.7. The molecule has 0 aliphatic heterocycles. The Balaban J connectivity index is 1.69. The maximum Gasteiger partial charge on any atom is 0.123 e. The number of hydrogen-bond acceptors (Lipinski definition) is 2. The highest BCUT2D eigenvalue weighted by molar-refractivity contribution is 7.99. The number of nitrogens with one attached hydrogen (secondary N) is 1. The van der Waals surface area contributed by atoms with Gasteiger partial charge in [-0.05, 0) is 55.1 Å². The third-order valence-electron chi connectivity index (χ3n) is 4.55. The van der Waals surface area contributed by atoms with Crippen LogP contribution in [0, 0.1) is 11.7 Å². The first-order chi connectivity index (χ1) is 9.78. The zero-order valence-electron chi connectivity index (χ0n) is 12.1. The summed E-state index contributed by atoms with van der Waals surface area (Å²) in [7, 11) is 0. The molecule has 1 aromatic carbocycles. The third kappa shape index (κ3) is 3.37. The molecule has 3 unspecified atom stereocenters. The van der Waals surface area contributed by atoms with Crippen LogP contribution in [-0.2, 0) is 0 Å². The van der Waals surface area contributed by atoms with Crippen molar-refractivity contribution in [3.63, 3.8) is 0 Å². The summed E-state index contributed by atoms with van der Waals surface area (Å²) in [6, 6.07) is 8.18. The fourth-order valence-electron chi connectivity index (χ4n) is 3.37. The summed E-state index contributed by atoms with van der Waals surface area (Å²) < 4.78 is 13.1. The van der Waals surface area contributed by atoms with Crippen molar-refractivity contribution >= 4 is 11.8 Å². The van der Waals surface area contributed by atoms with E-state index in [9.17, 15) is 4.39 Å². The second-order valence-corrected chi connectivity index (χ2v) is 7.58. The zero-order chi connectivity index (χ0) is 13.9. The highest BCUT2D eigenvalue weighted by Crippen LogP contribution is 2.43. The summed E-state index contributed by atoms with van der Waals surface area (Å²) in [4.78, 5) is 0. The van der Waals surface area contributed by atoms with Crippen molar-refractivity contribution in [1.82, 2.24) is 5.32 Å². The van der Waals surface area contributed by atoms with Crippen LogP contribution in [0.1, 0.15) is 50.6 Å². The summed E-state index contributed by atoms with van der Waals surface area (Å²) in [6.07, 6.45) is 6.61. The van der Waals surface area contributed by atoms with Crippen LogP contribution < -0.4 is 5.32 Å². The Morgan fingerprint density at radius 3 is 2.60 bits per heavy atom. The van der Waals surface area contributed by atoms with Crippen LogP contribution in [0.25, 0.3) is 0 Å². The molecule has 2 fully saturated rings. The maximum absolute atomic E-state index is 13.1. The van der Waals surface area contributed by atoms with Crippen LogP contribution in [0.15, 0.2) is 24.3 Å². The number of halogens is 1. The Kier molecular flexibility index (Phi) is 4.67. The van der Waals surface area contributed by atoms with Gasteiger partial charge in [-0.15, -0.1) is 0 Å². The number of rotatable bonds is 6. The minimum absolute atomic E-state index is 0.136. The van der Waals surface area contributed by atoms with Crippen molar-refractivity contribution in [3.05, 3.63) is 35.6 Å². The lowest BCUT2D eigenvalue weighted by Gasteiger charge is -2.27. The zero-order valence-corrected chi connectivity index (χ0v) is 13.0. The molecular formula is C17H24FNS. The van der Waals surface area contributed by atoms with Crippen LogP contribution in [0.4, 0.5) is 4.39 Å². The van der Waals surface area contributed by atoms with Gasteiger partial charge in [0.15, 0.2) is 0 Å². The molecule has 2 aliphatic rings. The lowest BCUT2D eigenvalue weighted by molar-refractivity contribution is 0.410. The van der Waals surface area contributed by atoms with Gasteiger partial charge < -0.3 is 5.32 Å². The van der Waals surface area contributed by atoms with Crippen molar-refractivity contribution < 1.29 is 4.39 Å². The van der Waals surface area contributed by atoms with Crippen LogP contribution >= 0.6 is 11.8 Å². The van der Waals surface area contributed by atoms with E-state index in [1.807, 2.05) is 12.1 Å². The van der Waals surface area contributed by atoms with E-state index in [0.29, 0.717) is 12.1 Å². The topological polar surface area (TPSA) is 12.0 Å². The maximum atomic E-state index is 13.1. The minimum Gasteiger partial charge on any atom is -0.306 e. The monoisotopic (exact) mass is 293 g/mol. The van der Waals surface area contributed by atoms with Gasteiger partial charge in [0.2, 0.25) is 0 Å². The van der Waals surface area contributed by atoms with Gasteiger partial charge in [0.05, 0.1) is 0 Å². The van der Waals surface area contributed by atoms with Crippen molar-refractivity contribution in [2.24, 2.45) is 5.92 Å². The predicted octanol–water partition coefficient (Wildman–Crippen LogP) is 4.54. The van der Waals surface area contributed by atoms with Gasteiger partial charge in [0.25, 0.3) is 0 Å². The molecule has 0 radical (unpaired) electrons. The standard InChI is InChI=1S/C17H24FNS/c1-2-20-16-5-3-4-15(16)19-17(12-6-7-12)13-8-10-14(18)11-9-13/h8-12,15-17,19H,2-7H2,1H3. The fourth-order valence-corrected chi connectivity index (χ4v) is 4.57. The summed E-state index contributed by atoms with van der Waals surface area (Å²) >= 11 is 2.10. The molecule has 0 heterocycles. The van der Waals surface area contributed by atoms with E-state index in [0.717, 1.165) is 11.2 Å². The molecule has 20 heavy (non-hydrogen) atoms. The number of thioether (sulfide) groups is 1. The average Bonchev–Trinajstić information content (AvgIpc) is 3.20. The predicted molar refractivity (Wildman–Crippen MR) is 84.6 cm³/mol. The van der Waals surface area contributed by atoms with Gasteiger partial charge in [0, 0.05) is 17.3 Å². The van der Waals surface area contributed by atoms with Crippen LogP contribution in [-0.4, -0.2) is 17.0 Å². The van der Waals surface area contributed by atoms with Gasteiger partial charge >= 0.3 is 0 Å². The number of hydrogen-bond donors (Lipinski definition) is 1. The van der Waals surface area contributed by atoms with Crippen LogP contribution in [0.2, 0.25) is 0 Å².